The van der Waals surface area contributed by atoms with Crippen molar-refractivity contribution in [3.63, 3.8) is 0 Å². The fraction of sp³-hybridized carbons (Fsp3) is 0.182. The summed E-state index contributed by atoms with van der Waals surface area (Å²) >= 11 is 1.37. The minimum Gasteiger partial charge on any atom is -0.294 e. The summed E-state index contributed by atoms with van der Waals surface area (Å²) in [6.45, 7) is 0. The summed E-state index contributed by atoms with van der Waals surface area (Å²) in [6.07, 6.45) is 2.85. The summed E-state index contributed by atoms with van der Waals surface area (Å²) in [5, 5.41) is 15.9. The molecule has 0 amide bonds. The van der Waals surface area contributed by atoms with Gasteiger partial charge in [0.15, 0.2) is 5.78 Å². The van der Waals surface area contributed by atoms with Crippen molar-refractivity contribution in [2.45, 2.75) is 29.7 Å². The molecule has 0 bridgehead atoms. The van der Waals surface area contributed by atoms with Gasteiger partial charge in [0.25, 0.3) is 11.5 Å². The smallest absolute Gasteiger partial charge is 0.269 e. The van der Waals surface area contributed by atoms with E-state index < -0.39 is 4.92 Å². The molecule has 0 aliphatic heterocycles. The molecule has 2 aromatic carbocycles. The quantitative estimate of drug-likeness (QED) is 0.264. The molecule has 0 radical (unpaired) electrons. The van der Waals surface area contributed by atoms with Gasteiger partial charge in [-0.05, 0) is 23.5 Å². The van der Waals surface area contributed by atoms with Crippen LogP contribution < -0.4 is 0 Å². The number of benzene rings is 2. The lowest BCUT2D eigenvalue weighted by molar-refractivity contribution is -0.384. The van der Waals surface area contributed by atoms with E-state index in [1.54, 1.807) is 18.3 Å². The molecule has 0 fully saturated rings. The fourth-order valence-corrected chi connectivity index (χ4v) is 4.56. The first kappa shape index (κ1) is 19.4. The Morgan fingerprint density at radius 1 is 1.10 bits per heavy atom. The van der Waals surface area contributed by atoms with Crippen LogP contribution >= 0.6 is 11.8 Å². The summed E-state index contributed by atoms with van der Waals surface area (Å²) in [5.41, 5.74) is 3.35. The van der Waals surface area contributed by atoms with Gasteiger partial charge in [0.1, 0.15) is 0 Å². The summed E-state index contributed by atoms with van der Waals surface area (Å²) < 4.78 is 1.54. The molecule has 1 aliphatic carbocycles. The van der Waals surface area contributed by atoms with E-state index in [4.69, 9.17) is 0 Å². The fourth-order valence-electron chi connectivity index (χ4n) is 3.79. The van der Waals surface area contributed by atoms with Crippen molar-refractivity contribution in [3.8, 4) is 0 Å². The van der Waals surface area contributed by atoms with E-state index in [0.29, 0.717) is 35.1 Å². The third kappa shape index (κ3) is 3.91. The Morgan fingerprint density at radius 2 is 1.94 bits per heavy atom. The molecule has 9 heteroatoms. The molecule has 0 saturated carbocycles. The number of Topliss-reactive ketones (excluding diaryl/α,β-unsaturated/α-hetero) is 1. The van der Waals surface area contributed by atoms with Gasteiger partial charge in [-0.2, -0.15) is 4.98 Å². The first-order chi connectivity index (χ1) is 15.1. The SMILES string of the molecule is O=C1C[C@H](c2ccccc2)Cc2nc3nc(SCc4cccc([N+](=O)[O-])c4)nn3cc21. The molecule has 0 saturated heterocycles. The number of fused-ring (bicyclic) bond motifs is 2. The van der Waals surface area contributed by atoms with Crippen molar-refractivity contribution in [3.05, 3.63) is 93.3 Å². The second kappa shape index (κ2) is 7.92. The van der Waals surface area contributed by atoms with E-state index in [-0.39, 0.29) is 17.4 Å². The maximum Gasteiger partial charge on any atom is 0.269 e. The van der Waals surface area contributed by atoms with Crippen LogP contribution in [-0.2, 0) is 12.2 Å². The average Bonchev–Trinajstić information content (AvgIpc) is 3.19. The highest BCUT2D eigenvalue weighted by molar-refractivity contribution is 7.98. The number of aromatic nitrogens is 4. The largest absolute Gasteiger partial charge is 0.294 e. The lowest BCUT2D eigenvalue weighted by Crippen LogP contribution is -2.21. The van der Waals surface area contributed by atoms with Crippen LogP contribution in [0.25, 0.3) is 5.78 Å². The molecular formula is C22H17N5O3S. The van der Waals surface area contributed by atoms with Crippen LogP contribution in [0.2, 0.25) is 0 Å². The van der Waals surface area contributed by atoms with Crippen LogP contribution in [0.3, 0.4) is 0 Å². The van der Waals surface area contributed by atoms with Crippen LogP contribution in [-0.4, -0.2) is 30.3 Å². The number of hydrogen-bond donors (Lipinski definition) is 0. The minimum absolute atomic E-state index is 0.0573. The number of rotatable bonds is 5. The number of nitro groups is 1. The standard InChI is InChI=1S/C22H17N5O3S/c28-20-11-16(15-6-2-1-3-7-15)10-19-18(20)12-26-21(23-19)24-22(25-26)31-13-14-5-4-8-17(9-14)27(29)30/h1-9,12,16H,10-11,13H2/t16-/m1/s1. The molecular weight excluding hydrogens is 414 g/mol. The second-order valence-corrected chi connectivity index (χ2v) is 8.34. The highest BCUT2D eigenvalue weighted by atomic mass is 32.2. The molecule has 8 nitrogen and oxygen atoms in total. The van der Waals surface area contributed by atoms with E-state index in [9.17, 15) is 14.9 Å². The number of ketones is 1. The van der Waals surface area contributed by atoms with Gasteiger partial charge in [0.05, 0.1) is 16.2 Å². The Morgan fingerprint density at radius 3 is 2.74 bits per heavy atom. The third-order valence-corrected chi connectivity index (χ3v) is 6.23. The van der Waals surface area contributed by atoms with Crippen molar-refractivity contribution < 1.29 is 9.72 Å². The Kier molecular flexibility index (Phi) is 4.95. The van der Waals surface area contributed by atoms with E-state index in [1.807, 2.05) is 36.4 Å². The van der Waals surface area contributed by atoms with Crippen molar-refractivity contribution in [1.29, 1.82) is 0 Å². The Bertz CT molecular complexity index is 1310. The molecule has 154 valence electrons. The number of thioether (sulfide) groups is 1. The van der Waals surface area contributed by atoms with Gasteiger partial charge in [-0.15, -0.1) is 5.10 Å². The highest BCUT2D eigenvalue weighted by Crippen LogP contribution is 2.32. The number of nitro benzene ring substituents is 1. The van der Waals surface area contributed by atoms with Crippen LogP contribution in [0.1, 0.15) is 39.5 Å². The van der Waals surface area contributed by atoms with Crippen LogP contribution in [0, 0.1) is 10.1 Å². The summed E-state index contributed by atoms with van der Waals surface area (Å²) in [7, 11) is 0. The second-order valence-electron chi connectivity index (χ2n) is 7.39. The first-order valence-corrected chi connectivity index (χ1v) is 10.8. The Hall–Kier alpha value is -3.59. The first-order valence-electron chi connectivity index (χ1n) is 9.77. The van der Waals surface area contributed by atoms with Gasteiger partial charge < -0.3 is 0 Å². The van der Waals surface area contributed by atoms with Gasteiger partial charge in [-0.25, -0.2) is 9.50 Å². The Balaban J connectivity index is 1.38. The number of hydrogen-bond acceptors (Lipinski definition) is 7. The van der Waals surface area contributed by atoms with Crippen LogP contribution in [0.5, 0.6) is 0 Å². The zero-order valence-corrected chi connectivity index (χ0v) is 17.2. The van der Waals surface area contributed by atoms with Gasteiger partial charge in [-0.1, -0.05) is 54.2 Å². The normalized spacial score (nSPS) is 15.7. The molecule has 31 heavy (non-hydrogen) atoms. The minimum atomic E-state index is -0.411. The summed E-state index contributed by atoms with van der Waals surface area (Å²) in [6, 6.07) is 16.5. The maximum atomic E-state index is 12.8. The van der Waals surface area contributed by atoms with Crippen molar-refractivity contribution in [1.82, 2.24) is 19.6 Å². The topological polar surface area (TPSA) is 103 Å². The number of carbonyl (C=O) groups is 1. The van der Waals surface area contributed by atoms with E-state index in [2.05, 4.69) is 15.1 Å². The lowest BCUT2D eigenvalue weighted by Gasteiger charge is -2.22. The number of nitrogens with zero attached hydrogens (tertiary/aromatic N) is 5. The molecule has 1 atom stereocenters. The van der Waals surface area contributed by atoms with E-state index >= 15 is 0 Å². The van der Waals surface area contributed by atoms with Gasteiger partial charge >= 0.3 is 0 Å². The van der Waals surface area contributed by atoms with Gasteiger partial charge in [0.2, 0.25) is 5.16 Å². The van der Waals surface area contributed by atoms with Gasteiger partial charge in [0, 0.05) is 30.5 Å². The molecule has 5 rings (SSSR count). The molecule has 0 N–H and O–H groups in total. The Labute approximate surface area is 181 Å². The predicted octanol–water partition coefficient (Wildman–Crippen LogP) is 4.24. The zero-order chi connectivity index (χ0) is 21.4. The molecule has 0 unspecified atom stereocenters. The summed E-state index contributed by atoms with van der Waals surface area (Å²) in [4.78, 5) is 32.4. The zero-order valence-electron chi connectivity index (χ0n) is 16.3. The average molecular weight is 431 g/mol. The molecule has 1 aliphatic rings. The third-order valence-electron chi connectivity index (χ3n) is 5.32. The van der Waals surface area contributed by atoms with E-state index in [1.165, 1.54) is 22.3 Å². The summed E-state index contributed by atoms with van der Waals surface area (Å²) in [5.74, 6) is 1.11. The maximum absolute atomic E-state index is 12.8. The monoisotopic (exact) mass is 431 g/mol. The molecule has 2 heterocycles. The molecule has 4 aromatic rings. The van der Waals surface area contributed by atoms with Crippen molar-refractivity contribution in [2.24, 2.45) is 0 Å². The van der Waals surface area contributed by atoms with Crippen LogP contribution in [0.15, 0.2) is 66.0 Å². The lowest BCUT2D eigenvalue weighted by atomic mass is 9.82. The number of carbonyl (C=O) groups excluding carboxylic acids is 1. The van der Waals surface area contributed by atoms with Crippen molar-refractivity contribution in [2.75, 3.05) is 0 Å². The number of non-ortho nitro benzene ring substituents is 1. The van der Waals surface area contributed by atoms with Gasteiger partial charge in [-0.3, -0.25) is 14.9 Å². The van der Waals surface area contributed by atoms with E-state index in [0.717, 1.165) is 16.8 Å². The van der Waals surface area contributed by atoms with Crippen LogP contribution in [0.4, 0.5) is 5.69 Å². The van der Waals surface area contributed by atoms with Crippen molar-refractivity contribution >= 4 is 29.0 Å². The molecule has 0 spiro atoms. The molecule has 2 aromatic heterocycles. The highest BCUT2D eigenvalue weighted by Gasteiger charge is 2.28. The predicted molar refractivity (Wildman–Crippen MR) is 115 cm³/mol.